The van der Waals surface area contributed by atoms with E-state index in [2.05, 4.69) is 5.32 Å². The number of ketones is 1. The average molecular weight is 342 g/mol. The molecule has 1 amide bonds. The van der Waals surface area contributed by atoms with Crippen molar-refractivity contribution < 1.29 is 19.1 Å². The van der Waals surface area contributed by atoms with Crippen LogP contribution in [0.25, 0.3) is 0 Å². The summed E-state index contributed by atoms with van der Waals surface area (Å²) in [5.74, 6) is -0.627. The van der Waals surface area contributed by atoms with E-state index in [-0.39, 0.29) is 24.2 Å². The van der Waals surface area contributed by atoms with Gasteiger partial charge in [-0.3, -0.25) is 9.59 Å². The number of benzene rings is 1. The van der Waals surface area contributed by atoms with Crippen molar-refractivity contribution in [2.75, 3.05) is 11.9 Å². The molecule has 0 saturated carbocycles. The molecule has 2 rings (SSSR count). The number of anilines is 1. The first-order chi connectivity index (χ1) is 11.8. The van der Waals surface area contributed by atoms with Crippen LogP contribution in [-0.2, 0) is 16.1 Å². The summed E-state index contributed by atoms with van der Waals surface area (Å²) in [6.45, 7) is 7.26. The molecule has 6 nitrogen and oxygen atoms in total. The predicted octanol–water partition coefficient (Wildman–Crippen LogP) is 3.12. The number of nitrogens with zero attached hydrogens (tertiary/aromatic N) is 1. The Hall–Kier alpha value is -2.89. The summed E-state index contributed by atoms with van der Waals surface area (Å²) in [4.78, 5) is 35.5. The van der Waals surface area contributed by atoms with Gasteiger partial charge in [0.1, 0.15) is 6.54 Å². The summed E-state index contributed by atoms with van der Waals surface area (Å²) in [6, 6.07) is 8.44. The summed E-state index contributed by atoms with van der Waals surface area (Å²) < 4.78 is 6.80. The number of hydrogen-bond acceptors (Lipinski definition) is 4. The van der Waals surface area contributed by atoms with Crippen LogP contribution in [0.3, 0.4) is 0 Å². The first-order valence-electron chi connectivity index (χ1n) is 8.08. The van der Waals surface area contributed by atoms with Gasteiger partial charge in [-0.05, 0) is 58.0 Å². The summed E-state index contributed by atoms with van der Waals surface area (Å²) in [6.07, 6.45) is 0. The summed E-state index contributed by atoms with van der Waals surface area (Å²) >= 11 is 0. The zero-order valence-corrected chi connectivity index (χ0v) is 14.9. The molecular weight excluding hydrogens is 320 g/mol. The molecule has 1 aromatic carbocycles. The highest BCUT2D eigenvalue weighted by molar-refractivity contribution is 5.96. The van der Waals surface area contributed by atoms with Crippen LogP contribution in [0.1, 0.15) is 46.0 Å². The van der Waals surface area contributed by atoms with Crippen molar-refractivity contribution in [1.29, 1.82) is 0 Å². The molecule has 0 spiro atoms. The Morgan fingerprint density at radius 1 is 1.12 bits per heavy atom. The van der Waals surface area contributed by atoms with Crippen molar-refractivity contribution in [3.8, 4) is 0 Å². The molecule has 0 fully saturated rings. The van der Waals surface area contributed by atoms with Crippen LogP contribution in [0.2, 0.25) is 0 Å². The third-order valence-corrected chi connectivity index (χ3v) is 3.95. The molecule has 1 aromatic heterocycles. The quantitative estimate of drug-likeness (QED) is 0.646. The van der Waals surface area contributed by atoms with E-state index in [0.717, 1.165) is 5.69 Å². The van der Waals surface area contributed by atoms with Gasteiger partial charge < -0.3 is 14.6 Å². The lowest BCUT2D eigenvalue weighted by Gasteiger charge is -2.11. The van der Waals surface area contributed by atoms with E-state index in [0.29, 0.717) is 29.1 Å². The average Bonchev–Trinajstić information content (AvgIpc) is 2.84. The van der Waals surface area contributed by atoms with Crippen LogP contribution in [0.5, 0.6) is 0 Å². The van der Waals surface area contributed by atoms with Crippen LogP contribution in [0, 0.1) is 13.8 Å². The molecule has 2 aromatic rings. The van der Waals surface area contributed by atoms with E-state index >= 15 is 0 Å². The Kier molecular flexibility index (Phi) is 5.75. The Bertz CT molecular complexity index is 804. The van der Waals surface area contributed by atoms with Gasteiger partial charge in [-0.15, -0.1) is 0 Å². The van der Waals surface area contributed by atoms with Gasteiger partial charge in [0.15, 0.2) is 5.78 Å². The minimum absolute atomic E-state index is 0.0250. The van der Waals surface area contributed by atoms with Gasteiger partial charge in [-0.1, -0.05) is 0 Å². The Morgan fingerprint density at radius 2 is 1.76 bits per heavy atom. The molecule has 25 heavy (non-hydrogen) atoms. The summed E-state index contributed by atoms with van der Waals surface area (Å²) in [5.41, 5.74) is 3.18. The molecule has 0 radical (unpaired) electrons. The number of hydrogen-bond donors (Lipinski definition) is 1. The normalized spacial score (nSPS) is 10.4. The van der Waals surface area contributed by atoms with E-state index in [4.69, 9.17) is 4.74 Å². The highest BCUT2D eigenvalue weighted by Crippen LogP contribution is 2.17. The van der Waals surface area contributed by atoms with E-state index in [9.17, 15) is 14.4 Å². The highest BCUT2D eigenvalue weighted by Gasteiger charge is 2.18. The molecule has 0 bridgehead atoms. The SMILES string of the molecule is CCOC(=O)c1cc(C)n(CC(=O)Nc2ccc(C(C)=O)cc2)c1C. The molecule has 1 N–H and O–H groups in total. The van der Waals surface area contributed by atoms with Gasteiger partial charge >= 0.3 is 5.97 Å². The van der Waals surface area contributed by atoms with Crippen LogP contribution in [0.15, 0.2) is 30.3 Å². The fourth-order valence-corrected chi connectivity index (χ4v) is 2.59. The van der Waals surface area contributed by atoms with Crippen molar-refractivity contribution in [2.45, 2.75) is 34.2 Å². The van der Waals surface area contributed by atoms with Gasteiger partial charge in [0.25, 0.3) is 0 Å². The fourth-order valence-electron chi connectivity index (χ4n) is 2.59. The molecule has 1 heterocycles. The zero-order valence-electron chi connectivity index (χ0n) is 14.9. The molecule has 0 aliphatic rings. The number of carbonyl (C=O) groups is 3. The molecule has 132 valence electrons. The third-order valence-electron chi connectivity index (χ3n) is 3.95. The van der Waals surface area contributed by atoms with Crippen molar-refractivity contribution in [3.05, 3.63) is 52.8 Å². The summed E-state index contributed by atoms with van der Waals surface area (Å²) in [5, 5.41) is 2.79. The second-order valence-electron chi connectivity index (χ2n) is 5.77. The first kappa shape index (κ1) is 18.4. The van der Waals surface area contributed by atoms with Gasteiger partial charge in [0.05, 0.1) is 12.2 Å². The Balaban J connectivity index is 2.10. The van der Waals surface area contributed by atoms with Crippen LogP contribution in [0.4, 0.5) is 5.69 Å². The fraction of sp³-hybridized carbons (Fsp3) is 0.316. The number of nitrogens with one attached hydrogen (secondary N) is 1. The van der Waals surface area contributed by atoms with Crippen molar-refractivity contribution in [2.24, 2.45) is 0 Å². The molecule has 0 aliphatic heterocycles. The zero-order chi connectivity index (χ0) is 18.6. The van der Waals surface area contributed by atoms with Crippen LogP contribution >= 0.6 is 0 Å². The second kappa shape index (κ2) is 7.79. The van der Waals surface area contributed by atoms with Gasteiger partial charge in [-0.2, -0.15) is 0 Å². The number of amides is 1. The largest absolute Gasteiger partial charge is 0.462 e. The minimum atomic E-state index is -0.387. The lowest BCUT2D eigenvalue weighted by molar-refractivity contribution is -0.116. The Labute approximate surface area is 146 Å². The number of esters is 1. The van der Waals surface area contributed by atoms with Crippen molar-refractivity contribution >= 4 is 23.3 Å². The third kappa shape index (κ3) is 4.35. The topological polar surface area (TPSA) is 77.4 Å². The molecular formula is C19H22N2O4. The lowest BCUT2D eigenvalue weighted by Crippen LogP contribution is -2.20. The molecule has 0 aliphatic carbocycles. The molecule has 0 saturated heterocycles. The smallest absolute Gasteiger partial charge is 0.339 e. The van der Waals surface area contributed by atoms with E-state index in [1.54, 1.807) is 48.7 Å². The predicted molar refractivity (Wildman–Crippen MR) is 94.9 cm³/mol. The number of ether oxygens (including phenoxy) is 1. The molecule has 0 atom stereocenters. The van der Waals surface area contributed by atoms with Gasteiger partial charge in [0, 0.05) is 22.6 Å². The van der Waals surface area contributed by atoms with Crippen molar-refractivity contribution in [3.63, 3.8) is 0 Å². The monoisotopic (exact) mass is 342 g/mol. The number of rotatable bonds is 6. The van der Waals surface area contributed by atoms with Crippen LogP contribution < -0.4 is 5.32 Å². The van der Waals surface area contributed by atoms with E-state index < -0.39 is 0 Å². The number of aromatic nitrogens is 1. The number of Topliss-reactive ketones (excluding diaryl/α,β-unsaturated/α-hetero) is 1. The maximum Gasteiger partial charge on any atom is 0.339 e. The maximum atomic E-state index is 12.3. The maximum absolute atomic E-state index is 12.3. The van der Waals surface area contributed by atoms with Crippen molar-refractivity contribution in [1.82, 2.24) is 4.57 Å². The standard InChI is InChI=1S/C19H22N2O4/c1-5-25-19(24)17-10-12(2)21(13(17)3)11-18(23)20-16-8-6-15(7-9-16)14(4)22/h6-10H,5,11H2,1-4H3,(H,20,23). The second-order valence-corrected chi connectivity index (χ2v) is 5.77. The number of carbonyl (C=O) groups excluding carboxylic acids is 3. The molecule has 6 heteroatoms. The van der Waals surface area contributed by atoms with Crippen LogP contribution in [-0.4, -0.2) is 28.8 Å². The lowest BCUT2D eigenvalue weighted by atomic mass is 10.1. The van der Waals surface area contributed by atoms with Gasteiger partial charge in [-0.25, -0.2) is 4.79 Å². The van der Waals surface area contributed by atoms with E-state index in [1.807, 2.05) is 6.92 Å². The highest BCUT2D eigenvalue weighted by atomic mass is 16.5. The molecule has 0 unspecified atom stereocenters. The first-order valence-corrected chi connectivity index (χ1v) is 8.08. The summed E-state index contributed by atoms with van der Waals surface area (Å²) in [7, 11) is 0. The minimum Gasteiger partial charge on any atom is -0.462 e. The number of aryl methyl sites for hydroxylation is 1. The van der Waals surface area contributed by atoms with Gasteiger partial charge in [0.2, 0.25) is 5.91 Å². The Morgan fingerprint density at radius 3 is 2.32 bits per heavy atom. The van der Waals surface area contributed by atoms with E-state index in [1.165, 1.54) is 6.92 Å².